The summed E-state index contributed by atoms with van der Waals surface area (Å²) in [5.74, 6) is -0.230. The van der Waals surface area contributed by atoms with Gasteiger partial charge in [0.2, 0.25) is 5.91 Å². The van der Waals surface area contributed by atoms with Crippen LogP contribution >= 0.6 is 11.6 Å². The van der Waals surface area contributed by atoms with Crippen LogP contribution < -0.4 is 16.2 Å². The fourth-order valence-corrected chi connectivity index (χ4v) is 1.52. The molecule has 1 aromatic rings. The van der Waals surface area contributed by atoms with Gasteiger partial charge >= 0.3 is 6.18 Å². The molecule has 6 nitrogen and oxygen atoms in total. The van der Waals surface area contributed by atoms with E-state index in [-0.39, 0.29) is 29.2 Å². The van der Waals surface area contributed by atoms with Crippen molar-refractivity contribution in [3.05, 3.63) is 21.6 Å². The van der Waals surface area contributed by atoms with Crippen molar-refractivity contribution in [2.45, 2.75) is 19.1 Å². The van der Waals surface area contributed by atoms with Crippen LogP contribution in [0, 0.1) is 0 Å². The van der Waals surface area contributed by atoms with Gasteiger partial charge < -0.3 is 10.6 Å². The summed E-state index contributed by atoms with van der Waals surface area (Å²) >= 11 is 5.67. The first-order chi connectivity index (χ1) is 9.24. The maximum absolute atomic E-state index is 12.2. The molecule has 0 aromatic carbocycles. The van der Waals surface area contributed by atoms with Gasteiger partial charge in [0.25, 0.3) is 5.56 Å². The Morgan fingerprint density at radius 2 is 2.15 bits per heavy atom. The monoisotopic (exact) mass is 312 g/mol. The summed E-state index contributed by atoms with van der Waals surface area (Å²) in [5.41, 5.74) is -0.965. The van der Waals surface area contributed by atoms with Crippen LogP contribution in [0.2, 0.25) is 5.02 Å². The van der Waals surface area contributed by atoms with Crippen LogP contribution in [-0.4, -0.2) is 35.5 Å². The van der Waals surface area contributed by atoms with Crippen molar-refractivity contribution in [2.24, 2.45) is 0 Å². The molecule has 1 heterocycles. The maximum atomic E-state index is 12.2. The highest BCUT2D eigenvalue weighted by atomic mass is 35.5. The molecule has 0 aliphatic heterocycles. The predicted octanol–water partition coefficient (Wildman–Crippen LogP) is 1.01. The molecule has 0 radical (unpaired) electrons. The molecule has 0 aliphatic rings. The van der Waals surface area contributed by atoms with Crippen molar-refractivity contribution in [3.8, 4) is 0 Å². The molecule has 0 unspecified atom stereocenters. The van der Waals surface area contributed by atoms with Crippen LogP contribution in [0.25, 0.3) is 0 Å². The molecule has 1 rings (SSSR count). The summed E-state index contributed by atoms with van der Waals surface area (Å²) in [5, 5.41) is 8.03. The first kappa shape index (κ1) is 16.3. The van der Waals surface area contributed by atoms with E-state index in [1.54, 1.807) is 0 Å². The van der Waals surface area contributed by atoms with E-state index in [1.807, 2.05) is 0 Å². The number of nitrogens with one attached hydrogen (secondary N) is 2. The van der Waals surface area contributed by atoms with E-state index < -0.39 is 23.3 Å². The molecule has 0 saturated carbocycles. The molecule has 0 atom stereocenters. The van der Waals surface area contributed by atoms with Crippen molar-refractivity contribution in [1.82, 2.24) is 15.1 Å². The molecule has 2 N–H and O–H groups in total. The maximum Gasteiger partial charge on any atom is 0.408 e. The largest absolute Gasteiger partial charge is 0.408 e. The quantitative estimate of drug-likeness (QED) is 0.851. The highest BCUT2D eigenvalue weighted by Gasteiger charge is 2.29. The summed E-state index contributed by atoms with van der Waals surface area (Å²) in [7, 11) is 1.47. The van der Waals surface area contributed by atoms with Crippen LogP contribution in [0.4, 0.5) is 18.9 Å². The third-order valence-corrected chi connectivity index (χ3v) is 2.63. The molecule has 20 heavy (non-hydrogen) atoms. The number of alkyl halides is 3. The van der Waals surface area contributed by atoms with E-state index in [4.69, 9.17) is 11.6 Å². The molecular weight excluding hydrogens is 301 g/mol. The topological polar surface area (TPSA) is 76.0 Å². The van der Waals surface area contributed by atoms with Gasteiger partial charge in [0.1, 0.15) is 11.6 Å². The normalized spacial score (nSPS) is 11.2. The number of halogens is 4. The van der Waals surface area contributed by atoms with Crippen LogP contribution in [0.15, 0.2) is 11.0 Å². The zero-order valence-corrected chi connectivity index (χ0v) is 11.2. The third-order valence-electron chi connectivity index (χ3n) is 2.26. The van der Waals surface area contributed by atoms with Gasteiger partial charge in [0, 0.05) is 20.0 Å². The molecule has 1 amide bonds. The molecule has 0 saturated heterocycles. The fraction of sp³-hybridized carbons (Fsp3) is 0.500. The molecule has 0 spiro atoms. The van der Waals surface area contributed by atoms with E-state index in [1.165, 1.54) is 7.05 Å². The standard InChI is InChI=1S/C10H12ClF3N4O2/c1-15-7(19)2-3-16-6-4-17-18(5-10(12,13)14)9(20)8(6)11/h4,16H,2-3,5H2,1H3,(H,15,19). The van der Waals surface area contributed by atoms with Crippen molar-refractivity contribution in [2.75, 3.05) is 18.9 Å². The highest BCUT2D eigenvalue weighted by Crippen LogP contribution is 2.18. The molecule has 0 bridgehead atoms. The minimum Gasteiger partial charge on any atom is -0.382 e. The second-order valence-electron chi connectivity index (χ2n) is 3.80. The molecular formula is C10H12ClF3N4O2. The third kappa shape index (κ3) is 4.72. The Balaban J connectivity index is 2.79. The van der Waals surface area contributed by atoms with Gasteiger partial charge in [-0.1, -0.05) is 11.6 Å². The minimum absolute atomic E-state index is 0.0824. The molecule has 10 heteroatoms. The fourth-order valence-electron chi connectivity index (χ4n) is 1.31. The Bertz CT molecular complexity index is 544. The Kier molecular flexibility index (Phi) is 5.37. The number of rotatable bonds is 5. The Morgan fingerprint density at radius 3 is 2.70 bits per heavy atom. The van der Waals surface area contributed by atoms with Crippen LogP contribution in [-0.2, 0) is 11.3 Å². The SMILES string of the molecule is CNC(=O)CCNc1cnn(CC(F)(F)F)c(=O)c1Cl. The molecule has 0 aliphatic carbocycles. The zero-order chi connectivity index (χ0) is 15.3. The van der Waals surface area contributed by atoms with Gasteiger partial charge in [0.15, 0.2) is 0 Å². The smallest absolute Gasteiger partial charge is 0.382 e. The lowest BCUT2D eigenvalue weighted by molar-refractivity contribution is -0.143. The summed E-state index contributed by atoms with van der Waals surface area (Å²) in [4.78, 5) is 22.5. The van der Waals surface area contributed by atoms with Crippen LogP contribution in [0.3, 0.4) is 0 Å². The van der Waals surface area contributed by atoms with Crippen LogP contribution in [0.1, 0.15) is 6.42 Å². The zero-order valence-electron chi connectivity index (χ0n) is 10.4. The van der Waals surface area contributed by atoms with Crippen LogP contribution in [0.5, 0.6) is 0 Å². The van der Waals surface area contributed by atoms with Crippen molar-refractivity contribution in [1.29, 1.82) is 0 Å². The van der Waals surface area contributed by atoms with E-state index >= 15 is 0 Å². The Labute approximate surface area is 116 Å². The lowest BCUT2D eigenvalue weighted by atomic mass is 10.3. The Morgan fingerprint density at radius 1 is 1.50 bits per heavy atom. The predicted molar refractivity (Wildman–Crippen MR) is 66.7 cm³/mol. The van der Waals surface area contributed by atoms with Gasteiger partial charge in [-0.15, -0.1) is 0 Å². The summed E-state index contributed by atoms with van der Waals surface area (Å²) in [6.07, 6.45) is -3.42. The van der Waals surface area contributed by atoms with Crippen molar-refractivity contribution >= 4 is 23.2 Å². The number of nitrogens with zero attached hydrogens (tertiary/aromatic N) is 2. The first-order valence-corrected chi connectivity index (χ1v) is 5.89. The van der Waals surface area contributed by atoms with Gasteiger partial charge in [-0.05, 0) is 0 Å². The average molecular weight is 313 g/mol. The first-order valence-electron chi connectivity index (χ1n) is 5.51. The van der Waals surface area contributed by atoms with Gasteiger partial charge in [-0.25, -0.2) is 4.68 Å². The Hall–Kier alpha value is -1.77. The van der Waals surface area contributed by atoms with E-state index in [0.29, 0.717) is 0 Å². The summed E-state index contributed by atoms with van der Waals surface area (Å²) in [6.45, 7) is -1.34. The lowest BCUT2D eigenvalue weighted by Crippen LogP contribution is -2.31. The number of anilines is 1. The number of carbonyl (C=O) groups excluding carboxylic acids is 1. The number of carbonyl (C=O) groups is 1. The average Bonchev–Trinajstić information content (AvgIpc) is 2.36. The molecule has 0 fully saturated rings. The van der Waals surface area contributed by atoms with E-state index in [0.717, 1.165) is 6.20 Å². The minimum atomic E-state index is -4.56. The second-order valence-corrected chi connectivity index (χ2v) is 4.18. The van der Waals surface area contributed by atoms with Gasteiger partial charge in [-0.2, -0.15) is 18.3 Å². The lowest BCUT2D eigenvalue weighted by Gasteiger charge is -2.11. The number of aromatic nitrogens is 2. The second kappa shape index (κ2) is 6.60. The molecule has 112 valence electrons. The van der Waals surface area contributed by atoms with E-state index in [2.05, 4.69) is 15.7 Å². The summed E-state index contributed by atoms with van der Waals surface area (Å²) < 4.78 is 36.8. The van der Waals surface area contributed by atoms with Crippen molar-refractivity contribution in [3.63, 3.8) is 0 Å². The van der Waals surface area contributed by atoms with Gasteiger partial charge in [-0.3, -0.25) is 9.59 Å². The number of hydrogen-bond acceptors (Lipinski definition) is 4. The number of hydrogen-bond donors (Lipinski definition) is 2. The molecule has 1 aromatic heterocycles. The number of amides is 1. The highest BCUT2D eigenvalue weighted by molar-refractivity contribution is 6.32. The van der Waals surface area contributed by atoms with E-state index in [9.17, 15) is 22.8 Å². The van der Waals surface area contributed by atoms with Crippen molar-refractivity contribution < 1.29 is 18.0 Å². The summed E-state index contributed by atoms with van der Waals surface area (Å²) in [6, 6.07) is 0. The van der Waals surface area contributed by atoms with Gasteiger partial charge in [0.05, 0.1) is 11.9 Å².